The van der Waals surface area contributed by atoms with E-state index < -0.39 is 0 Å². The first kappa shape index (κ1) is 15.0. The molecule has 0 aliphatic carbocycles. The smallest absolute Gasteiger partial charge is 0.261 e. The summed E-state index contributed by atoms with van der Waals surface area (Å²) in [6, 6.07) is 10.7. The zero-order valence-electron chi connectivity index (χ0n) is 12.7. The van der Waals surface area contributed by atoms with Crippen LogP contribution < -0.4 is 10.9 Å². The van der Waals surface area contributed by atoms with Crippen LogP contribution in [0.2, 0.25) is 0 Å². The molecule has 0 aliphatic heterocycles. The number of hydrogen-bond acceptors (Lipinski definition) is 4. The third-order valence-corrected chi connectivity index (χ3v) is 3.54. The highest BCUT2D eigenvalue weighted by Gasteiger charge is 2.12. The van der Waals surface area contributed by atoms with E-state index in [0.717, 1.165) is 5.76 Å². The Morgan fingerprint density at radius 3 is 2.91 bits per heavy atom. The largest absolute Gasteiger partial charge is 0.469 e. The standard InChI is InChI=1S/C17H17N3O3/c1-12(9-13-5-4-8-23-13)19-16(21)10-20-11-18-15-7-3-2-6-14(15)17(20)22/h2-8,11-12H,9-10H2,1H3,(H,19,21)/t12-/m0/s1. The minimum atomic E-state index is -0.233. The van der Waals surface area contributed by atoms with Gasteiger partial charge in [-0.1, -0.05) is 12.1 Å². The third kappa shape index (κ3) is 3.48. The van der Waals surface area contributed by atoms with Crippen LogP contribution in [0, 0.1) is 0 Å². The van der Waals surface area contributed by atoms with E-state index in [-0.39, 0.29) is 24.1 Å². The molecule has 1 amide bonds. The second kappa shape index (κ2) is 6.48. The molecular formula is C17H17N3O3. The van der Waals surface area contributed by atoms with E-state index in [2.05, 4.69) is 10.3 Å². The van der Waals surface area contributed by atoms with E-state index in [1.807, 2.05) is 25.1 Å². The van der Waals surface area contributed by atoms with E-state index in [1.165, 1.54) is 10.9 Å². The third-order valence-electron chi connectivity index (χ3n) is 3.54. The Morgan fingerprint density at radius 2 is 2.13 bits per heavy atom. The summed E-state index contributed by atoms with van der Waals surface area (Å²) in [5.41, 5.74) is 0.407. The first-order valence-corrected chi connectivity index (χ1v) is 7.39. The fourth-order valence-corrected chi connectivity index (χ4v) is 2.48. The molecule has 0 radical (unpaired) electrons. The number of carbonyl (C=O) groups excluding carboxylic acids is 1. The molecule has 0 unspecified atom stereocenters. The van der Waals surface area contributed by atoms with E-state index in [0.29, 0.717) is 17.3 Å². The van der Waals surface area contributed by atoms with Crippen molar-refractivity contribution in [3.63, 3.8) is 0 Å². The van der Waals surface area contributed by atoms with Gasteiger partial charge in [0, 0.05) is 12.5 Å². The number of nitrogens with one attached hydrogen (secondary N) is 1. The number of rotatable bonds is 5. The van der Waals surface area contributed by atoms with Gasteiger partial charge in [0.1, 0.15) is 12.3 Å². The molecular weight excluding hydrogens is 294 g/mol. The van der Waals surface area contributed by atoms with Crippen LogP contribution in [0.1, 0.15) is 12.7 Å². The zero-order valence-corrected chi connectivity index (χ0v) is 12.7. The maximum absolute atomic E-state index is 12.3. The van der Waals surface area contributed by atoms with E-state index in [4.69, 9.17) is 4.42 Å². The number of hydrogen-bond donors (Lipinski definition) is 1. The Kier molecular flexibility index (Phi) is 4.23. The number of amides is 1. The normalized spacial score (nSPS) is 12.2. The number of benzene rings is 1. The van der Waals surface area contributed by atoms with Gasteiger partial charge in [0.2, 0.25) is 5.91 Å². The maximum atomic E-state index is 12.3. The molecule has 0 saturated heterocycles. The molecule has 2 aromatic heterocycles. The molecule has 1 atom stereocenters. The average molecular weight is 311 g/mol. The first-order valence-electron chi connectivity index (χ1n) is 7.39. The molecule has 2 heterocycles. The van der Waals surface area contributed by atoms with Crippen LogP contribution in [0.5, 0.6) is 0 Å². The lowest BCUT2D eigenvalue weighted by molar-refractivity contribution is -0.122. The van der Waals surface area contributed by atoms with Crippen molar-refractivity contribution in [1.29, 1.82) is 0 Å². The Morgan fingerprint density at radius 1 is 1.30 bits per heavy atom. The van der Waals surface area contributed by atoms with Crippen LogP contribution in [-0.2, 0) is 17.8 Å². The van der Waals surface area contributed by atoms with E-state index in [9.17, 15) is 9.59 Å². The molecule has 3 aromatic rings. The molecule has 0 saturated carbocycles. The van der Waals surface area contributed by atoms with Crippen LogP contribution in [-0.4, -0.2) is 21.5 Å². The fraction of sp³-hybridized carbons (Fsp3) is 0.235. The van der Waals surface area contributed by atoms with Crippen LogP contribution in [0.3, 0.4) is 0 Å². The highest BCUT2D eigenvalue weighted by molar-refractivity contribution is 5.79. The second-order valence-corrected chi connectivity index (χ2v) is 5.45. The highest BCUT2D eigenvalue weighted by Crippen LogP contribution is 2.05. The van der Waals surface area contributed by atoms with Crippen molar-refractivity contribution in [3.8, 4) is 0 Å². The van der Waals surface area contributed by atoms with Crippen molar-refractivity contribution in [2.75, 3.05) is 0 Å². The van der Waals surface area contributed by atoms with E-state index in [1.54, 1.807) is 24.5 Å². The summed E-state index contributed by atoms with van der Waals surface area (Å²) >= 11 is 0. The number of carbonyl (C=O) groups is 1. The van der Waals surface area contributed by atoms with Gasteiger partial charge in [0.15, 0.2) is 0 Å². The molecule has 0 bridgehead atoms. The van der Waals surface area contributed by atoms with Crippen LogP contribution in [0.4, 0.5) is 0 Å². The quantitative estimate of drug-likeness (QED) is 0.778. The Bertz CT molecular complexity index is 868. The summed E-state index contributed by atoms with van der Waals surface area (Å²) in [6.45, 7) is 1.83. The topological polar surface area (TPSA) is 77.1 Å². The molecule has 0 aliphatic rings. The highest BCUT2D eigenvalue weighted by atomic mass is 16.3. The molecule has 6 heteroatoms. The average Bonchev–Trinajstić information content (AvgIpc) is 3.03. The zero-order chi connectivity index (χ0) is 16.2. The minimum absolute atomic E-state index is 0.0564. The monoisotopic (exact) mass is 311 g/mol. The molecule has 6 nitrogen and oxygen atoms in total. The van der Waals surface area contributed by atoms with Gasteiger partial charge in [-0.05, 0) is 31.2 Å². The molecule has 1 aromatic carbocycles. The summed E-state index contributed by atoms with van der Waals surface area (Å²) in [5, 5.41) is 3.36. The fourth-order valence-electron chi connectivity index (χ4n) is 2.48. The van der Waals surface area contributed by atoms with Crippen molar-refractivity contribution in [3.05, 3.63) is 65.1 Å². The van der Waals surface area contributed by atoms with Crippen molar-refractivity contribution < 1.29 is 9.21 Å². The van der Waals surface area contributed by atoms with Crippen LogP contribution in [0.25, 0.3) is 10.9 Å². The second-order valence-electron chi connectivity index (χ2n) is 5.45. The van der Waals surface area contributed by atoms with Gasteiger partial charge in [0.25, 0.3) is 5.56 Å². The van der Waals surface area contributed by atoms with Gasteiger partial charge in [-0.15, -0.1) is 0 Å². The van der Waals surface area contributed by atoms with Crippen molar-refractivity contribution >= 4 is 16.8 Å². The van der Waals surface area contributed by atoms with Gasteiger partial charge in [0.05, 0.1) is 23.5 Å². The summed E-state index contributed by atoms with van der Waals surface area (Å²) in [7, 11) is 0. The number of nitrogens with zero attached hydrogens (tertiary/aromatic N) is 2. The van der Waals surface area contributed by atoms with Gasteiger partial charge in [-0.2, -0.15) is 0 Å². The van der Waals surface area contributed by atoms with Gasteiger partial charge < -0.3 is 9.73 Å². The maximum Gasteiger partial charge on any atom is 0.261 e. The minimum Gasteiger partial charge on any atom is -0.469 e. The van der Waals surface area contributed by atoms with E-state index >= 15 is 0 Å². The first-order chi connectivity index (χ1) is 11.1. The lowest BCUT2D eigenvalue weighted by Crippen LogP contribution is -2.38. The number of aromatic nitrogens is 2. The van der Waals surface area contributed by atoms with Crippen molar-refractivity contribution in [2.24, 2.45) is 0 Å². The van der Waals surface area contributed by atoms with Gasteiger partial charge in [-0.3, -0.25) is 14.2 Å². The predicted octanol–water partition coefficient (Wildman–Crippen LogP) is 1.74. The summed E-state index contributed by atoms with van der Waals surface area (Å²) < 4.78 is 6.57. The Labute approximate surface area is 132 Å². The number of furan rings is 1. The SMILES string of the molecule is C[C@@H](Cc1ccco1)NC(=O)Cn1cnc2ccccc2c1=O. The molecule has 0 fully saturated rings. The lowest BCUT2D eigenvalue weighted by atomic mass is 10.2. The molecule has 0 spiro atoms. The molecule has 1 N–H and O–H groups in total. The van der Waals surface area contributed by atoms with Gasteiger partial charge >= 0.3 is 0 Å². The van der Waals surface area contributed by atoms with Crippen LogP contribution in [0.15, 0.2) is 58.2 Å². The number of fused-ring (bicyclic) bond motifs is 1. The lowest BCUT2D eigenvalue weighted by Gasteiger charge is -2.13. The molecule has 3 rings (SSSR count). The molecule has 23 heavy (non-hydrogen) atoms. The van der Waals surface area contributed by atoms with Crippen molar-refractivity contribution in [1.82, 2.24) is 14.9 Å². The summed E-state index contributed by atoms with van der Waals surface area (Å²) in [6.07, 6.45) is 3.61. The Hall–Kier alpha value is -2.89. The van der Waals surface area contributed by atoms with Crippen LogP contribution >= 0.6 is 0 Å². The van der Waals surface area contributed by atoms with Gasteiger partial charge in [-0.25, -0.2) is 4.98 Å². The summed E-state index contributed by atoms with van der Waals surface area (Å²) in [4.78, 5) is 28.6. The Balaban J connectivity index is 1.68. The van der Waals surface area contributed by atoms with Crippen molar-refractivity contribution in [2.45, 2.75) is 25.9 Å². The molecule has 118 valence electrons. The predicted molar refractivity (Wildman–Crippen MR) is 86.0 cm³/mol. The number of para-hydroxylation sites is 1. The summed E-state index contributed by atoms with van der Waals surface area (Å²) in [5.74, 6) is 0.575.